The smallest absolute Gasteiger partial charge is 0.131 e. The minimum Gasteiger partial charge on any atom is -0.384 e. The lowest BCUT2D eigenvalue weighted by Crippen LogP contribution is -2.19. The number of nitrogens with one attached hydrogen (secondary N) is 1. The van der Waals surface area contributed by atoms with E-state index >= 15 is 0 Å². The Kier molecular flexibility index (Phi) is 4.70. The number of anilines is 2. The number of halogens is 1. The van der Waals surface area contributed by atoms with Gasteiger partial charge in [0, 0.05) is 41.3 Å². The number of nitrogen functional groups attached to an aromatic ring is 1. The van der Waals surface area contributed by atoms with Crippen LogP contribution in [0.5, 0.6) is 0 Å². The van der Waals surface area contributed by atoms with Crippen molar-refractivity contribution < 1.29 is 4.39 Å². The fourth-order valence-corrected chi connectivity index (χ4v) is 4.01. The molecule has 1 aliphatic heterocycles. The number of aryl methyl sites for hydroxylation is 1. The number of hydrogen-bond acceptors (Lipinski definition) is 4. The Bertz CT molecular complexity index is 965. The zero-order valence-electron chi connectivity index (χ0n) is 15.8. The average Bonchev–Trinajstić information content (AvgIpc) is 3.05. The molecule has 0 spiro atoms. The van der Waals surface area contributed by atoms with Crippen LogP contribution in [0.1, 0.15) is 12.0 Å². The second-order valence-corrected chi connectivity index (χ2v) is 7.58. The number of fused-ring (bicyclic) bond motifs is 1. The van der Waals surface area contributed by atoms with E-state index in [9.17, 15) is 4.39 Å². The van der Waals surface area contributed by atoms with Gasteiger partial charge < -0.3 is 16.0 Å². The van der Waals surface area contributed by atoms with E-state index < -0.39 is 0 Å². The molecule has 0 radical (unpaired) electrons. The maximum atomic E-state index is 14.5. The van der Waals surface area contributed by atoms with E-state index in [0.717, 1.165) is 47.2 Å². The van der Waals surface area contributed by atoms with Crippen LogP contribution in [0.25, 0.3) is 21.9 Å². The number of nitrogens with zero attached hydrogens (tertiary/aromatic N) is 2. The Morgan fingerprint density at radius 1 is 1.30 bits per heavy atom. The molecule has 0 bridgehead atoms. The number of benzene rings is 2. The lowest BCUT2D eigenvalue weighted by Gasteiger charge is -2.17. The van der Waals surface area contributed by atoms with Crippen molar-refractivity contribution in [3.05, 3.63) is 54.0 Å². The van der Waals surface area contributed by atoms with E-state index in [1.54, 1.807) is 12.3 Å². The molecule has 27 heavy (non-hydrogen) atoms. The van der Waals surface area contributed by atoms with Crippen molar-refractivity contribution in [2.24, 2.45) is 5.92 Å². The third kappa shape index (κ3) is 3.60. The topological polar surface area (TPSA) is 54.2 Å². The van der Waals surface area contributed by atoms with Crippen LogP contribution in [-0.2, 0) is 0 Å². The van der Waals surface area contributed by atoms with Gasteiger partial charge in [0.05, 0.1) is 0 Å². The average molecular weight is 364 g/mol. The monoisotopic (exact) mass is 364 g/mol. The zero-order valence-corrected chi connectivity index (χ0v) is 15.8. The van der Waals surface area contributed by atoms with Crippen molar-refractivity contribution in [1.82, 2.24) is 9.88 Å². The molecule has 1 saturated heterocycles. The molecule has 1 aliphatic rings. The van der Waals surface area contributed by atoms with Gasteiger partial charge in [-0.2, -0.15) is 0 Å². The second-order valence-electron chi connectivity index (χ2n) is 7.58. The summed E-state index contributed by atoms with van der Waals surface area (Å²) in [6, 6.07) is 11.1. The maximum absolute atomic E-state index is 14.5. The van der Waals surface area contributed by atoms with Crippen molar-refractivity contribution in [3.8, 4) is 11.1 Å². The zero-order chi connectivity index (χ0) is 19.0. The second kappa shape index (κ2) is 7.16. The first kappa shape index (κ1) is 17.7. The summed E-state index contributed by atoms with van der Waals surface area (Å²) in [4.78, 5) is 6.58. The van der Waals surface area contributed by atoms with Crippen LogP contribution in [0.4, 0.5) is 15.9 Å². The van der Waals surface area contributed by atoms with E-state index in [0.29, 0.717) is 17.3 Å². The third-order valence-electron chi connectivity index (χ3n) is 5.44. The van der Waals surface area contributed by atoms with Crippen molar-refractivity contribution in [2.75, 3.05) is 37.7 Å². The van der Waals surface area contributed by atoms with Gasteiger partial charge in [0.25, 0.3) is 0 Å². The molecule has 0 saturated carbocycles. The van der Waals surface area contributed by atoms with E-state index in [4.69, 9.17) is 5.73 Å². The minimum absolute atomic E-state index is 0.207. The lowest BCUT2D eigenvalue weighted by molar-refractivity contribution is 0.399. The molecule has 0 aliphatic carbocycles. The van der Waals surface area contributed by atoms with Gasteiger partial charge in [-0.3, -0.25) is 0 Å². The number of rotatable bonds is 4. The molecular formula is C22H25FN4. The van der Waals surface area contributed by atoms with Gasteiger partial charge in [0.15, 0.2) is 0 Å². The summed E-state index contributed by atoms with van der Waals surface area (Å²) in [7, 11) is 2.16. The molecule has 0 amide bonds. The molecule has 140 valence electrons. The Morgan fingerprint density at radius 3 is 2.89 bits per heavy atom. The molecule has 4 rings (SSSR count). The van der Waals surface area contributed by atoms with Gasteiger partial charge in [-0.1, -0.05) is 12.1 Å². The molecule has 1 unspecified atom stereocenters. The summed E-state index contributed by atoms with van der Waals surface area (Å²) in [6.45, 7) is 5.06. The Labute approximate surface area is 159 Å². The fraction of sp³-hybridized carbons (Fsp3) is 0.318. The number of aromatic nitrogens is 1. The van der Waals surface area contributed by atoms with Crippen LogP contribution in [0, 0.1) is 18.7 Å². The van der Waals surface area contributed by atoms with E-state index in [-0.39, 0.29) is 5.82 Å². The van der Waals surface area contributed by atoms with Crippen molar-refractivity contribution in [1.29, 1.82) is 0 Å². The quantitative estimate of drug-likeness (QED) is 0.725. The van der Waals surface area contributed by atoms with Gasteiger partial charge in [0.2, 0.25) is 0 Å². The Hall–Kier alpha value is -2.66. The van der Waals surface area contributed by atoms with Gasteiger partial charge in [-0.15, -0.1) is 0 Å². The molecule has 1 aromatic heterocycles. The highest BCUT2D eigenvalue weighted by Gasteiger charge is 2.19. The molecule has 5 heteroatoms. The molecule has 3 aromatic rings. The van der Waals surface area contributed by atoms with Crippen molar-refractivity contribution in [2.45, 2.75) is 13.3 Å². The highest BCUT2D eigenvalue weighted by molar-refractivity contribution is 5.98. The summed E-state index contributed by atoms with van der Waals surface area (Å²) < 4.78 is 14.5. The fourth-order valence-electron chi connectivity index (χ4n) is 4.01. The van der Waals surface area contributed by atoms with Gasteiger partial charge in [-0.25, -0.2) is 9.37 Å². The number of nitrogens with two attached hydrogens (primary N) is 1. The summed E-state index contributed by atoms with van der Waals surface area (Å²) >= 11 is 0. The SMILES string of the molecule is Cc1cccc(F)c1-c1cc(NCC2CCN(C)C2)c2cc(N)ncc2c1. The third-order valence-corrected chi connectivity index (χ3v) is 5.44. The molecule has 2 aromatic carbocycles. The minimum atomic E-state index is -0.207. The number of likely N-dealkylation sites (tertiary alicyclic amines) is 1. The van der Waals surface area contributed by atoms with Gasteiger partial charge >= 0.3 is 0 Å². The summed E-state index contributed by atoms with van der Waals surface area (Å²) in [5.41, 5.74) is 9.32. The van der Waals surface area contributed by atoms with Crippen molar-refractivity contribution >= 4 is 22.3 Å². The number of hydrogen-bond donors (Lipinski definition) is 2. The maximum Gasteiger partial charge on any atom is 0.131 e. The molecule has 2 heterocycles. The molecule has 3 N–H and O–H groups in total. The van der Waals surface area contributed by atoms with Crippen LogP contribution < -0.4 is 11.1 Å². The molecule has 1 fully saturated rings. The Morgan fingerprint density at radius 2 is 2.15 bits per heavy atom. The largest absolute Gasteiger partial charge is 0.384 e. The van der Waals surface area contributed by atoms with E-state index in [2.05, 4.69) is 22.2 Å². The molecule has 1 atom stereocenters. The lowest BCUT2D eigenvalue weighted by atomic mass is 9.96. The predicted octanol–water partition coefficient (Wildman–Crippen LogP) is 4.30. The first-order valence-corrected chi connectivity index (χ1v) is 9.38. The van der Waals surface area contributed by atoms with Crippen molar-refractivity contribution in [3.63, 3.8) is 0 Å². The van der Waals surface area contributed by atoms with Gasteiger partial charge in [-0.05, 0) is 68.2 Å². The Balaban J connectivity index is 1.77. The van der Waals surface area contributed by atoms with E-state index in [1.807, 2.05) is 31.2 Å². The summed E-state index contributed by atoms with van der Waals surface area (Å²) in [5.74, 6) is 0.894. The highest BCUT2D eigenvalue weighted by Crippen LogP contribution is 2.34. The predicted molar refractivity (Wildman–Crippen MR) is 110 cm³/mol. The first-order chi connectivity index (χ1) is 13.0. The summed E-state index contributed by atoms with van der Waals surface area (Å²) in [5, 5.41) is 5.57. The highest BCUT2D eigenvalue weighted by atomic mass is 19.1. The molecular weight excluding hydrogens is 339 g/mol. The van der Waals surface area contributed by atoms with Crippen LogP contribution in [0.2, 0.25) is 0 Å². The van der Waals surface area contributed by atoms with Crippen LogP contribution in [-0.4, -0.2) is 36.6 Å². The molecule has 4 nitrogen and oxygen atoms in total. The number of pyridine rings is 1. The van der Waals surface area contributed by atoms with E-state index in [1.165, 1.54) is 12.5 Å². The standard InChI is InChI=1S/C22H25FN4/c1-14-4-3-5-19(23)22(14)16-8-17-12-26-21(24)10-18(17)20(9-16)25-11-15-6-7-27(2)13-15/h3-5,8-10,12,15,25H,6-7,11,13H2,1-2H3,(H2,24,26). The van der Waals surface area contributed by atoms with Crippen LogP contribution in [0.15, 0.2) is 42.6 Å². The first-order valence-electron chi connectivity index (χ1n) is 9.38. The summed E-state index contributed by atoms with van der Waals surface area (Å²) in [6.07, 6.45) is 2.95. The van der Waals surface area contributed by atoms with Crippen LogP contribution >= 0.6 is 0 Å². The normalized spacial score (nSPS) is 17.5. The van der Waals surface area contributed by atoms with Crippen LogP contribution in [0.3, 0.4) is 0 Å². The van der Waals surface area contributed by atoms with Gasteiger partial charge in [0.1, 0.15) is 11.6 Å².